The van der Waals surface area contributed by atoms with Gasteiger partial charge in [-0.15, -0.1) is 0 Å². The fraction of sp³-hybridized carbons (Fsp3) is 0.769. The SMILES string of the molecule is CCCCCCCCCCCCCCCCCCCCCCCCCCCCC=Cc1cccc(N=CC(CCCC)=Nc2cccc(C=CCCCCCCCCCCCCCCCCCCCCCCCCCCCC)c2)c1. The number of unbranched alkanes of at least 4 members (excludes halogenated alkanes) is 53. The highest BCUT2D eigenvalue weighted by molar-refractivity contribution is 6.31. The first-order chi connectivity index (χ1) is 39.7. The molecule has 2 heteroatoms. The van der Waals surface area contributed by atoms with Crippen LogP contribution in [0.5, 0.6) is 0 Å². The van der Waals surface area contributed by atoms with Crippen molar-refractivity contribution in [3.63, 3.8) is 0 Å². The molecule has 2 nitrogen and oxygen atoms in total. The second-order valence-electron chi connectivity index (χ2n) is 25.2. The van der Waals surface area contributed by atoms with Crippen LogP contribution in [0, 0.1) is 0 Å². The van der Waals surface area contributed by atoms with Gasteiger partial charge in [-0.2, -0.15) is 0 Å². The molecular formula is C78H136N2. The Morgan fingerprint density at radius 3 is 0.825 bits per heavy atom. The molecule has 0 bridgehead atoms. The summed E-state index contributed by atoms with van der Waals surface area (Å²) < 4.78 is 0. The van der Waals surface area contributed by atoms with E-state index in [1.807, 2.05) is 6.21 Å². The van der Waals surface area contributed by atoms with E-state index in [0.717, 1.165) is 49.2 Å². The molecule has 80 heavy (non-hydrogen) atoms. The quantitative estimate of drug-likeness (QED) is 0.0466. The van der Waals surface area contributed by atoms with Gasteiger partial charge in [0.05, 0.1) is 17.1 Å². The molecule has 0 spiro atoms. The smallest absolute Gasteiger partial charge is 0.0639 e. The zero-order valence-electron chi connectivity index (χ0n) is 54.2. The zero-order valence-corrected chi connectivity index (χ0v) is 54.2. The lowest BCUT2D eigenvalue weighted by atomic mass is 10.0. The second kappa shape index (κ2) is 60.8. The van der Waals surface area contributed by atoms with Crippen LogP contribution in [0.1, 0.15) is 398 Å². The lowest BCUT2D eigenvalue weighted by molar-refractivity contribution is 0.515. The van der Waals surface area contributed by atoms with Crippen LogP contribution in [0.15, 0.2) is 70.7 Å². The molecule has 0 saturated heterocycles. The van der Waals surface area contributed by atoms with Crippen LogP contribution in [0.4, 0.5) is 11.4 Å². The zero-order chi connectivity index (χ0) is 56.8. The van der Waals surface area contributed by atoms with Crippen LogP contribution < -0.4 is 0 Å². The average Bonchev–Trinajstić information content (AvgIpc) is 3.47. The maximum atomic E-state index is 5.11. The van der Waals surface area contributed by atoms with Crippen LogP contribution >= 0.6 is 0 Å². The third kappa shape index (κ3) is 50.9. The van der Waals surface area contributed by atoms with E-state index in [1.54, 1.807) is 0 Å². The van der Waals surface area contributed by atoms with Crippen molar-refractivity contribution in [3.8, 4) is 0 Å². The van der Waals surface area contributed by atoms with Gasteiger partial charge < -0.3 is 0 Å². The van der Waals surface area contributed by atoms with E-state index in [2.05, 4.69) is 93.6 Å². The highest BCUT2D eigenvalue weighted by Crippen LogP contribution is 2.22. The maximum Gasteiger partial charge on any atom is 0.0639 e. The number of nitrogens with zero attached hydrogens (tertiary/aromatic N) is 2. The van der Waals surface area contributed by atoms with E-state index in [0.29, 0.717) is 0 Å². The topological polar surface area (TPSA) is 24.7 Å². The fourth-order valence-electron chi connectivity index (χ4n) is 11.8. The van der Waals surface area contributed by atoms with E-state index in [9.17, 15) is 0 Å². The Morgan fingerprint density at radius 1 is 0.287 bits per heavy atom. The molecule has 0 aromatic heterocycles. The Bertz CT molecular complexity index is 1680. The van der Waals surface area contributed by atoms with Gasteiger partial charge in [0.2, 0.25) is 0 Å². The summed E-state index contributed by atoms with van der Waals surface area (Å²) in [6.07, 6.45) is 92.0. The normalized spacial score (nSPS) is 12.2. The third-order valence-corrected chi connectivity index (χ3v) is 17.2. The highest BCUT2D eigenvalue weighted by atomic mass is 14.8. The summed E-state index contributed by atoms with van der Waals surface area (Å²) in [5.74, 6) is 0. The summed E-state index contributed by atoms with van der Waals surface area (Å²) in [4.78, 5) is 10.0. The monoisotopic (exact) mass is 1100 g/mol. The Hall–Kier alpha value is -2.74. The molecule has 0 heterocycles. The predicted octanol–water partition coefficient (Wildman–Crippen LogP) is 28.5. The number of rotatable bonds is 62. The van der Waals surface area contributed by atoms with Gasteiger partial charge in [0.15, 0.2) is 0 Å². The molecule has 0 atom stereocenters. The van der Waals surface area contributed by atoms with Crippen molar-refractivity contribution in [1.82, 2.24) is 0 Å². The fourth-order valence-corrected chi connectivity index (χ4v) is 11.8. The van der Waals surface area contributed by atoms with Crippen molar-refractivity contribution in [2.24, 2.45) is 9.98 Å². The lowest BCUT2D eigenvalue weighted by Gasteiger charge is -2.04. The molecule has 2 aromatic carbocycles. The summed E-state index contributed by atoms with van der Waals surface area (Å²) in [5.41, 5.74) is 5.55. The number of aliphatic imine (C=N–C) groups is 2. The second-order valence-corrected chi connectivity index (χ2v) is 25.2. The Labute approximate surface area is 501 Å². The van der Waals surface area contributed by atoms with Crippen molar-refractivity contribution < 1.29 is 0 Å². The van der Waals surface area contributed by atoms with Crippen LogP contribution in [-0.4, -0.2) is 11.9 Å². The molecule has 0 amide bonds. The van der Waals surface area contributed by atoms with Crippen LogP contribution in [0.25, 0.3) is 12.2 Å². The van der Waals surface area contributed by atoms with E-state index in [-0.39, 0.29) is 0 Å². The summed E-state index contributed by atoms with van der Waals surface area (Å²) >= 11 is 0. The van der Waals surface area contributed by atoms with Gasteiger partial charge in [0.1, 0.15) is 0 Å². The van der Waals surface area contributed by atoms with Crippen LogP contribution in [0.3, 0.4) is 0 Å². The molecular weight excluding hydrogens is 965 g/mol. The summed E-state index contributed by atoms with van der Waals surface area (Å²) in [6, 6.07) is 17.4. The molecule has 0 aliphatic carbocycles. The third-order valence-electron chi connectivity index (χ3n) is 17.2. The van der Waals surface area contributed by atoms with Gasteiger partial charge in [-0.3, -0.25) is 9.98 Å². The van der Waals surface area contributed by atoms with Gasteiger partial charge in [0, 0.05) is 6.21 Å². The Kier molecular flexibility index (Phi) is 55.8. The number of allylic oxidation sites excluding steroid dienone is 2. The standard InChI is InChI=1S/C78H136N2/c1-4-7-10-12-14-16-18-20-22-24-26-28-30-32-34-36-38-40-42-44-46-48-50-52-54-56-58-60-64-74-66-62-69-76(71-74)79-73-78(68-9-6-3)80-77-70-63-67-75(72-77)65-61-59-57-55-53-51-49-47-45-43-41-39-37-35-33-31-29-27-25-23-21-19-17-15-13-11-8-5-2/h60-67,69-73H,4-59,68H2,1-3H3. The van der Waals surface area contributed by atoms with Crippen molar-refractivity contribution >= 4 is 35.5 Å². The highest BCUT2D eigenvalue weighted by Gasteiger charge is 2.02. The van der Waals surface area contributed by atoms with Gasteiger partial charge >= 0.3 is 0 Å². The summed E-state index contributed by atoms with van der Waals surface area (Å²) in [5, 5.41) is 0. The van der Waals surface area contributed by atoms with E-state index in [4.69, 9.17) is 9.98 Å². The van der Waals surface area contributed by atoms with Crippen molar-refractivity contribution in [3.05, 3.63) is 71.8 Å². The molecule has 0 unspecified atom stereocenters. The van der Waals surface area contributed by atoms with Gasteiger partial charge in [-0.1, -0.05) is 397 Å². The first-order valence-corrected chi connectivity index (χ1v) is 36.4. The minimum atomic E-state index is 0.943. The first-order valence-electron chi connectivity index (χ1n) is 36.4. The molecule has 0 radical (unpaired) electrons. The van der Waals surface area contributed by atoms with Gasteiger partial charge in [-0.05, 0) is 73.9 Å². The van der Waals surface area contributed by atoms with E-state index < -0.39 is 0 Å². The molecule has 0 N–H and O–H groups in total. The van der Waals surface area contributed by atoms with E-state index >= 15 is 0 Å². The van der Waals surface area contributed by atoms with Gasteiger partial charge in [0.25, 0.3) is 0 Å². The van der Waals surface area contributed by atoms with Crippen LogP contribution in [0.2, 0.25) is 0 Å². The van der Waals surface area contributed by atoms with Gasteiger partial charge in [-0.25, -0.2) is 0 Å². The van der Waals surface area contributed by atoms with Crippen molar-refractivity contribution in [2.75, 3.05) is 0 Å². The summed E-state index contributed by atoms with van der Waals surface area (Å²) in [7, 11) is 0. The molecule has 0 saturated carbocycles. The minimum absolute atomic E-state index is 0.943. The maximum absolute atomic E-state index is 5.11. The molecule has 0 fully saturated rings. The molecule has 0 aliphatic heterocycles. The Balaban J connectivity index is 1.45. The minimum Gasteiger partial charge on any atom is -0.255 e. The predicted molar refractivity (Wildman–Crippen MR) is 366 cm³/mol. The molecule has 2 aromatic rings. The number of benzene rings is 2. The first kappa shape index (κ1) is 73.4. The molecule has 458 valence electrons. The average molecular weight is 1100 g/mol. The van der Waals surface area contributed by atoms with Crippen molar-refractivity contribution in [2.45, 2.75) is 387 Å². The summed E-state index contributed by atoms with van der Waals surface area (Å²) in [6.45, 7) is 6.87. The molecule has 2 rings (SSSR count). The lowest BCUT2D eigenvalue weighted by Crippen LogP contribution is -1.99. The number of hydrogen-bond donors (Lipinski definition) is 0. The molecule has 0 aliphatic rings. The Morgan fingerprint density at radius 2 is 0.537 bits per heavy atom. The largest absolute Gasteiger partial charge is 0.255 e. The van der Waals surface area contributed by atoms with E-state index in [1.165, 1.54) is 345 Å². The van der Waals surface area contributed by atoms with Crippen molar-refractivity contribution in [1.29, 1.82) is 0 Å². The van der Waals surface area contributed by atoms with Crippen LogP contribution in [-0.2, 0) is 0 Å². The number of hydrogen-bond acceptors (Lipinski definition) is 2.